The predicted octanol–water partition coefficient (Wildman–Crippen LogP) is 1.89. The Kier molecular flexibility index (Phi) is 7.41. The third-order valence-electron chi connectivity index (χ3n) is 3.94. The van der Waals surface area contributed by atoms with E-state index in [0.29, 0.717) is 12.2 Å². The first kappa shape index (κ1) is 21.0. The molecule has 0 bridgehead atoms. The van der Waals surface area contributed by atoms with E-state index in [1.807, 2.05) is 44.4 Å². The Bertz CT molecular complexity index is 831. The zero-order chi connectivity index (χ0) is 16.4. The van der Waals surface area contributed by atoms with Crippen molar-refractivity contribution in [1.29, 1.82) is 0 Å². The van der Waals surface area contributed by atoms with Crippen LogP contribution in [0.5, 0.6) is 0 Å². The van der Waals surface area contributed by atoms with E-state index in [2.05, 4.69) is 20.5 Å². The fraction of sp³-hybridized carbons (Fsp3) is 0.312. The summed E-state index contributed by atoms with van der Waals surface area (Å²) in [5.41, 5.74) is 8.15. The highest BCUT2D eigenvalue weighted by Crippen LogP contribution is 2.19. The Labute approximate surface area is 158 Å². The minimum atomic E-state index is -0.620. The number of nitrogens with one attached hydrogen (secondary N) is 2. The fourth-order valence-corrected chi connectivity index (χ4v) is 2.70. The van der Waals surface area contributed by atoms with E-state index >= 15 is 0 Å². The van der Waals surface area contributed by atoms with Gasteiger partial charge in [0.15, 0.2) is 5.82 Å². The van der Waals surface area contributed by atoms with Gasteiger partial charge in [-0.25, -0.2) is 0 Å². The molecule has 0 radical (unpaired) electrons. The number of para-hydroxylation sites is 1. The second-order valence-corrected chi connectivity index (χ2v) is 5.70. The summed E-state index contributed by atoms with van der Waals surface area (Å²) in [5, 5.41) is 11.8. The van der Waals surface area contributed by atoms with Crippen LogP contribution in [-0.4, -0.2) is 31.7 Å². The molecule has 2 heterocycles. The van der Waals surface area contributed by atoms with Crippen LogP contribution in [0.15, 0.2) is 36.8 Å². The molecule has 7 nitrogen and oxygen atoms in total. The van der Waals surface area contributed by atoms with Gasteiger partial charge in [0.2, 0.25) is 5.91 Å². The number of hydrogen-bond donors (Lipinski definition) is 3. The third-order valence-corrected chi connectivity index (χ3v) is 3.94. The van der Waals surface area contributed by atoms with Gasteiger partial charge in [-0.1, -0.05) is 18.2 Å². The summed E-state index contributed by atoms with van der Waals surface area (Å²) in [4.78, 5) is 15.5. The lowest BCUT2D eigenvalue weighted by Crippen LogP contribution is -2.43. The summed E-state index contributed by atoms with van der Waals surface area (Å²) >= 11 is 0. The number of carbonyl (C=O) groups excluding carboxylic acids is 1. The van der Waals surface area contributed by atoms with E-state index < -0.39 is 6.04 Å². The van der Waals surface area contributed by atoms with Gasteiger partial charge in [0.25, 0.3) is 0 Å². The van der Waals surface area contributed by atoms with Crippen LogP contribution in [0.4, 0.5) is 0 Å². The summed E-state index contributed by atoms with van der Waals surface area (Å²) in [5.74, 6) is 0.489. The highest BCUT2D eigenvalue weighted by atomic mass is 35.5. The zero-order valence-electron chi connectivity index (χ0n) is 14.0. The first-order valence-electron chi connectivity index (χ1n) is 7.51. The molecule has 3 rings (SSSR count). The number of aryl methyl sites for hydroxylation is 1. The topological polar surface area (TPSA) is 102 Å². The molecule has 2 aromatic heterocycles. The Morgan fingerprint density at radius 3 is 2.76 bits per heavy atom. The predicted molar refractivity (Wildman–Crippen MR) is 102 cm³/mol. The molecule has 136 valence electrons. The Morgan fingerprint density at radius 2 is 2.08 bits per heavy atom. The van der Waals surface area contributed by atoms with Crippen molar-refractivity contribution in [1.82, 2.24) is 25.1 Å². The van der Waals surface area contributed by atoms with Crippen LogP contribution in [0.2, 0.25) is 0 Å². The van der Waals surface area contributed by atoms with Gasteiger partial charge in [0, 0.05) is 24.1 Å². The van der Waals surface area contributed by atoms with Gasteiger partial charge >= 0.3 is 0 Å². The fourth-order valence-electron chi connectivity index (χ4n) is 2.70. The number of aromatic nitrogens is 4. The summed E-state index contributed by atoms with van der Waals surface area (Å²) in [7, 11) is 1.84. The van der Waals surface area contributed by atoms with E-state index in [1.54, 1.807) is 10.9 Å². The zero-order valence-corrected chi connectivity index (χ0v) is 15.6. The molecule has 0 aliphatic rings. The van der Waals surface area contributed by atoms with Crippen LogP contribution in [-0.2, 0) is 18.3 Å². The summed E-state index contributed by atoms with van der Waals surface area (Å²) in [6.07, 6.45) is 3.98. The first-order valence-corrected chi connectivity index (χ1v) is 7.51. The molecule has 4 N–H and O–H groups in total. The lowest BCUT2D eigenvalue weighted by Gasteiger charge is -2.16. The largest absolute Gasteiger partial charge is 0.361 e. The molecule has 9 heteroatoms. The maximum atomic E-state index is 12.3. The highest BCUT2D eigenvalue weighted by Gasteiger charge is 2.20. The van der Waals surface area contributed by atoms with Gasteiger partial charge in [0.1, 0.15) is 6.33 Å². The molecule has 0 spiro atoms. The molecule has 0 saturated heterocycles. The third kappa shape index (κ3) is 4.50. The maximum absolute atomic E-state index is 12.3. The number of hydrogen-bond acceptors (Lipinski definition) is 4. The summed E-state index contributed by atoms with van der Waals surface area (Å²) in [6.45, 7) is 1.86. The number of carbonyl (C=O) groups is 1. The number of aromatic amines is 1. The number of rotatable bonds is 5. The van der Waals surface area contributed by atoms with E-state index in [9.17, 15) is 4.79 Å². The Hall–Kier alpha value is -2.09. The van der Waals surface area contributed by atoms with Crippen molar-refractivity contribution in [2.45, 2.75) is 25.4 Å². The number of halogens is 2. The molecule has 25 heavy (non-hydrogen) atoms. The van der Waals surface area contributed by atoms with Gasteiger partial charge in [-0.15, -0.1) is 35.0 Å². The lowest BCUT2D eigenvalue weighted by molar-refractivity contribution is -0.123. The minimum absolute atomic E-state index is 0. The van der Waals surface area contributed by atoms with E-state index in [0.717, 1.165) is 16.5 Å². The van der Waals surface area contributed by atoms with Crippen molar-refractivity contribution < 1.29 is 4.79 Å². The van der Waals surface area contributed by atoms with Gasteiger partial charge in [0.05, 0.1) is 12.1 Å². The quantitative estimate of drug-likeness (QED) is 0.624. The Morgan fingerprint density at radius 1 is 1.36 bits per heavy atom. The molecule has 1 unspecified atom stereocenters. The number of nitrogens with two attached hydrogens (primary N) is 1. The van der Waals surface area contributed by atoms with E-state index in [4.69, 9.17) is 5.73 Å². The SMILES string of the molecule is CC(NC(=O)[C@@H](N)Cc1c[nH]c2ccccc12)c1nncn1C.Cl.Cl. The van der Waals surface area contributed by atoms with Gasteiger partial charge < -0.3 is 20.6 Å². The van der Waals surface area contributed by atoms with Crippen molar-refractivity contribution in [2.24, 2.45) is 12.8 Å². The van der Waals surface area contributed by atoms with Crippen molar-refractivity contribution >= 4 is 41.6 Å². The Balaban J connectivity index is 0.00000156. The number of amides is 1. The van der Waals surface area contributed by atoms with E-state index in [1.165, 1.54) is 0 Å². The van der Waals surface area contributed by atoms with E-state index in [-0.39, 0.29) is 36.8 Å². The second-order valence-electron chi connectivity index (χ2n) is 5.70. The first-order chi connectivity index (χ1) is 11.1. The average molecular weight is 385 g/mol. The standard InChI is InChI=1S/C16H20N6O.2ClH/c1-10(15-21-19-9-22(15)2)20-16(23)13(17)7-11-8-18-14-6-4-3-5-12(11)14;;/h3-6,8-10,13,18H,7,17H2,1-2H3,(H,20,23);2*1H/t10?,13-;;/m0../s1. The lowest BCUT2D eigenvalue weighted by atomic mass is 10.0. The molecule has 1 amide bonds. The van der Waals surface area contributed by atoms with Crippen molar-refractivity contribution in [3.8, 4) is 0 Å². The number of benzene rings is 1. The maximum Gasteiger partial charge on any atom is 0.237 e. The highest BCUT2D eigenvalue weighted by molar-refractivity contribution is 5.86. The van der Waals surface area contributed by atoms with Crippen LogP contribution >= 0.6 is 24.8 Å². The second kappa shape index (κ2) is 8.84. The van der Waals surface area contributed by atoms with Crippen LogP contribution in [0.1, 0.15) is 24.4 Å². The summed E-state index contributed by atoms with van der Waals surface area (Å²) in [6, 6.07) is 7.10. The van der Waals surface area contributed by atoms with Crippen LogP contribution in [0, 0.1) is 0 Å². The average Bonchev–Trinajstić information content (AvgIpc) is 3.14. The van der Waals surface area contributed by atoms with Crippen molar-refractivity contribution in [3.05, 3.63) is 48.2 Å². The molecule has 0 aliphatic heterocycles. The molecule has 2 atom stereocenters. The van der Waals surface area contributed by atoms with Gasteiger partial charge in [-0.3, -0.25) is 4.79 Å². The smallest absolute Gasteiger partial charge is 0.237 e. The van der Waals surface area contributed by atoms with Gasteiger partial charge in [-0.05, 0) is 25.0 Å². The monoisotopic (exact) mass is 384 g/mol. The molecular formula is C16H22Cl2N6O. The number of H-pyrrole nitrogens is 1. The summed E-state index contributed by atoms with van der Waals surface area (Å²) < 4.78 is 1.77. The van der Waals surface area contributed by atoms with Crippen LogP contribution in [0.3, 0.4) is 0 Å². The van der Waals surface area contributed by atoms with Crippen LogP contribution in [0.25, 0.3) is 10.9 Å². The molecular weight excluding hydrogens is 363 g/mol. The molecule has 1 aromatic carbocycles. The minimum Gasteiger partial charge on any atom is -0.361 e. The molecule has 0 aliphatic carbocycles. The number of nitrogens with zero attached hydrogens (tertiary/aromatic N) is 3. The van der Waals surface area contributed by atoms with Gasteiger partial charge in [-0.2, -0.15) is 0 Å². The van der Waals surface area contributed by atoms with Crippen molar-refractivity contribution in [3.63, 3.8) is 0 Å². The van der Waals surface area contributed by atoms with Crippen molar-refractivity contribution in [2.75, 3.05) is 0 Å². The van der Waals surface area contributed by atoms with Crippen LogP contribution < -0.4 is 11.1 Å². The number of fused-ring (bicyclic) bond motifs is 1. The molecule has 0 fully saturated rings. The molecule has 0 saturated carbocycles. The molecule has 3 aromatic rings. The normalized spacial score (nSPS) is 12.8.